The lowest BCUT2D eigenvalue weighted by Gasteiger charge is -2.37. The third kappa shape index (κ3) is 8.47. The van der Waals surface area contributed by atoms with Gasteiger partial charge in [-0.1, -0.05) is 180 Å². The molecular weight excluding hydrogens is 770 g/mol. The van der Waals surface area contributed by atoms with Crippen molar-refractivity contribution in [3.8, 4) is 44.5 Å². The Morgan fingerprint density at radius 2 is 0.673 bits per heavy atom. The summed E-state index contributed by atoms with van der Waals surface area (Å²) in [6.07, 6.45) is -7.16. The summed E-state index contributed by atoms with van der Waals surface area (Å²) in [6, 6.07) is 43.7. The lowest BCUT2D eigenvalue weighted by molar-refractivity contribution is -0.181. The van der Waals surface area contributed by atoms with E-state index in [2.05, 4.69) is 40.2 Å². The molecule has 0 amide bonds. The molecule has 0 bridgehead atoms. The highest BCUT2D eigenvalue weighted by atomic mass is 79.9. The van der Waals surface area contributed by atoms with Crippen molar-refractivity contribution in [2.75, 3.05) is 5.33 Å². The number of aryl methyl sites for hydroxylation is 1. The van der Waals surface area contributed by atoms with Gasteiger partial charge in [0.15, 0.2) is 0 Å². The fourth-order valence-corrected chi connectivity index (χ4v) is 7.58. The van der Waals surface area contributed by atoms with Crippen molar-refractivity contribution in [1.82, 2.24) is 0 Å². The van der Waals surface area contributed by atoms with E-state index in [1.54, 1.807) is 60.7 Å². The monoisotopic (exact) mass is 812 g/mol. The maximum absolute atomic E-state index is 15.6. The molecule has 284 valence electrons. The van der Waals surface area contributed by atoms with E-state index in [-0.39, 0.29) is 23.1 Å². The first-order valence-corrected chi connectivity index (χ1v) is 19.6. The van der Waals surface area contributed by atoms with E-state index in [9.17, 15) is 13.2 Å². The lowest BCUT2D eigenvalue weighted by Crippen LogP contribution is -2.43. The lowest BCUT2D eigenvalue weighted by atomic mass is 9.70. The van der Waals surface area contributed by atoms with Crippen LogP contribution in [-0.2, 0) is 10.8 Å². The van der Waals surface area contributed by atoms with Crippen molar-refractivity contribution in [1.29, 1.82) is 0 Å². The molecule has 0 spiro atoms. The van der Waals surface area contributed by atoms with Gasteiger partial charge in [-0.25, -0.2) is 0 Å². The quantitative estimate of drug-likeness (QED) is 0.0656. The van der Waals surface area contributed by atoms with Crippen LogP contribution in [0.4, 0.5) is 26.3 Å². The maximum atomic E-state index is 15.6. The molecule has 0 N–H and O–H groups in total. The highest BCUT2D eigenvalue weighted by molar-refractivity contribution is 9.09. The average Bonchev–Trinajstić information content (AvgIpc) is 3.18. The van der Waals surface area contributed by atoms with E-state index in [0.717, 1.165) is 70.1 Å². The third-order valence-corrected chi connectivity index (χ3v) is 11.5. The molecule has 0 aliphatic rings. The van der Waals surface area contributed by atoms with Gasteiger partial charge < -0.3 is 0 Å². The van der Waals surface area contributed by atoms with E-state index in [4.69, 9.17) is 0 Å². The number of hydrogen-bond acceptors (Lipinski definition) is 0. The minimum atomic E-state index is -4.56. The molecule has 6 aromatic carbocycles. The molecule has 6 aromatic rings. The fourth-order valence-electron chi connectivity index (χ4n) is 7.18. The van der Waals surface area contributed by atoms with Crippen LogP contribution in [0.2, 0.25) is 0 Å². The molecular formula is C48H43BrF6. The second kappa shape index (κ2) is 16.2. The molecule has 55 heavy (non-hydrogen) atoms. The summed E-state index contributed by atoms with van der Waals surface area (Å²) >= 11 is 3.41. The highest BCUT2D eigenvalue weighted by Crippen LogP contribution is 2.50. The van der Waals surface area contributed by atoms with Gasteiger partial charge >= 0.3 is 12.4 Å². The molecule has 0 heterocycles. The largest absolute Gasteiger partial charge is 0.402 e. The Bertz CT molecular complexity index is 2150. The van der Waals surface area contributed by atoms with Crippen LogP contribution < -0.4 is 0 Å². The molecule has 0 aromatic heterocycles. The summed E-state index contributed by atoms with van der Waals surface area (Å²) in [4.78, 5) is 0. The van der Waals surface area contributed by atoms with E-state index >= 15 is 13.2 Å². The van der Waals surface area contributed by atoms with Crippen molar-refractivity contribution in [2.45, 2.75) is 69.6 Å². The predicted octanol–water partition coefficient (Wildman–Crippen LogP) is 15.3. The topological polar surface area (TPSA) is 0 Å². The summed E-state index contributed by atoms with van der Waals surface area (Å²) < 4.78 is 87.5. The van der Waals surface area contributed by atoms with Gasteiger partial charge in [0.1, 0.15) is 5.41 Å². The first kappa shape index (κ1) is 40.1. The molecule has 0 aliphatic carbocycles. The zero-order valence-electron chi connectivity index (χ0n) is 31.0. The van der Waals surface area contributed by atoms with Crippen LogP contribution in [0.15, 0.2) is 146 Å². The predicted molar refractivity (Wildman–Crippen MR) is 218 cm³/mol. The van der Waals surface area contributed by atoms with Gasteiger partial charge in [0.05, 0.1) is 5.41 Å². The molecule has 0 radical (unpaired) electrons. The van der Waals surface area contributed by atoms with Gasteiger partial charge in [0, 0.05) is 5.33 Å². The van der Waals surface area contributed by atoms with Crippen LogP contribution in [0.3, 0.4) is 0 Å². The van der Waals surface area contributed by atoms with Crippen molar-refractivity contribution >= 4 is 15.9 Å². The molecule has 7 heteroatoms. The Hall–Kier alpha value is -4.62. The molecule has 0 saturated heterocycles. The van der Waals surface area contributed by atoms with Gasteiger partial charge in [0.25, 0.3) is 0 Å². The smallest absolute Gasteiger partial charge is 0.170 e. The van der Waals surface area contributed by atoms with Crippen LogP contribution in [0, 0.1) is 6.92 Å². The first-order chi connectivity index (χ1) is 26.1. The zero-order chi connectivity index (χ0) is 39.4. The fraction of sp³-hybridized carbons (Fsp3) is 0.250. The molecule has 0 fully saturated rings. The molecule has 6 rings (SSSR count). The van der Waals surface area contributed by atoms with Gasteiger partial charge in [0.2, 0.25) is 0 Å². The van der Waals surface area contributed by atoms with Crippen molar-refractivity contribution in [2.24, 2.45) is 0 Å². The van der Waals surface area contributed by atoms with Gasteiger partial charge in [-0.3, -0.25) is 0 Å². The summed E-state index contributed by atoms with van der Waals surface area (Å²) in [5.74, 6) is 0. The van der Waals surface area contributed by atoms with E-state index in [1.165, 1.54) is 17.7 Å². The Kier molecular flexibility index (Phi) is 11.8. The molecule has 1 atom stereocenters. The second-order valence-corrected chi connectivity index (χ2v) is 15.6. The van der Waals surface area contributed by atoms with E-state index in [0.29, 0.717) is 12.8 Å². The minimum absolute atomic E-state index is 0.0823. The Morgan fingerprint density at radius 3 is 0.964 bits per heavy atom. The standard InChI is InChI=1S/C48H43BrF6/c1-33-7-9-34(10-8-33)35-11-13-37(14-12-35)40-21-27-43(28-22-40)46(48(53,54)55,31-5-4-6-32-49)44-29-23-41(24-30-44)38-17-15-36(16-18-38)39-19-25-42(26-20-39)45(2,3)47(50,51)52/h7-30H,4-6,31-32H2,1-3H3. The SMILES string of the molecule is Cc1ccc(-c2ccc(-c3ccc(C(CCCCCBr)(c4ccc(-c5ccc(-c6ccc(C(C)(C)C(F)(F)F)cc6)cc5)cc4)C(F)(F)F)cc3)cc2)cc1. The van der Waals surface area contributed by atoms with Crippen LogP contribution in [0.25, 0.3) is 44.5 Å². The molecule has 0 aliphatic heterocycles. The van der Waals surface area contributed by atoms with Crippen LogP contribution in [0.1, 0.15) is 61.8 Å². The molecule has 0 saturated carbocycles. The van der Waals surface area contributed by atoms with E-state index in [1.807, 2.05) is 55.5 Å². The molecule has 0 nitrogen and oxygen atoms in total. The number of rotatable bonds is 12. The normalized spacial score (nSPS) is 13.4. The summed E-state index contributed by atoms with van der Waals surface area (Å²) in [5, 5.41) is 0.735. The van der Waals surface area contributed by atoms with Crippen LogP contribution in [0.5, 0.6) is 0 Å². The van der Waals surface area contributed by atoms with Crippen LogP contribution in [-0.4, -0.2) is 17.7 Å². The number of alkyl halides is 7. The summed E-state index contributed by atoms with van der Waals surface area (Å²) in [6.45, 7) is 4.37. The number of hydrogen-bond donors (Lipinski definition) is 0. The number of benzene rings is 6. The van der Waals surface area contributed by atoms with E-state index < -0.39 is 23.2 Å². The highest BCUT2D eigenvalue weighted by Gasteiger charge is 2.56. The second-order valence-electron chi connectivity index (χ2n) is 14.8. The minimum Gasteiger partial charge on any atom is -0.170 e. The summed E-state index contributed by atoms with van der Waals surface area (Å²) in [5.41, 5.74) is 4.69. The Balaban J connectivity index is 1.27. The Morgan fingerprint density at radius 1 is 0.382 bits per heavy atom. The molecule has 1 unspecified atom stereocenters. The number of unbranched alkanes of at least 4 members (excludes halogenated alkanes) is 2. The average molecular weight is 814 g/mol. The van der Waals surface area contributed by atoms with Crippen molar-refractivity contribution in [3.63, 3.8) is 0 Å². The van der Waals surface area contributed by atoms with Crippen molar-refractivity contribution in [3.05, 3.63) is 168 Å². The first-order valence-electron chi connectivity index (χ1n) is 18.4. The van der Waals surface area contributed by atoms with Crippen molar-refractivity contribution < 1.29 is 26.3 Å². The zero-order valence-corrected chi connectivity index (χ0v) is 32.6. The maximum Gasteiger partial charge on any atom is 0.402 e. The number of halogens is 7. The summed E-state index contributed by atoms with van der Waals surface area (Å²) in [7, 11) is 0. The third-order valence-electron chi connectivity index (χ3n) is 10.9. The van der Waals surface area contributed by atoms with Gasteiger partial charge in [-0.2, -0.15) is 26.3 Å². The Labute approximate surface area is 328 Å². The van der Waals surface area contributed by atoms with Gasteiger partial charge in [-0.05, 0) is 94.8 Å². The van der Waals surface area contributed by atoms with Crippen LogP contribution >= 0.6 is 15.9 Å². The van der Waals surface area contributed by atoms with Gasteiger partial charge in [-0.15, -0.1) is 0 Å².